The predicted octanol–water partition coefficient (Wildman–Crippen LogP) is 3.31. The molecule has 0 bridgehead atoms. The molecule has 3 heterocycles. The molecule has 0 radical (unpaired) electrons. The van der Waals surface area contributed by atoms with Gasteiger partial charge in [-0.3, -0.25) is 0 Å². The van der Waals surface area contributed by atoms with Crippen molar-refractivity contribution in [3.63, 3.8) is 0 Å². The van der Waals surface area contributed by atoms with Crippen molar-refractivity contribution in [2.45, 2.75) is 25.7 Å². The van der Waals surface area contributed by atoms with Gasteiger partial charge < -0.3 is 19.1 Å². The summed E-state index contributed by atoms with van der Waals surface area (Å²) >= 11 is 0. The Hall–Kier alpha value is -2.60. The molecule has 1 aromatic carbocycles. The molecule has 1 unspecified atom stereocenters. The second-order valence-electron chi connectivity index (χ2n) is 6.79. The Bertz CT molecular complexity index is 921. The molecule has 6 nitrogen and oxygen atoms in total. The smallest absolute Gasteiger partial charge is 0.140 e. The number of likely N-dealkylation sites (N-methyl/N-ethyl adjacent to an activating group) is 1. The zero-order valence-corrected chi connectivity index (χ0v) is 15.2. The third-order valence-electron chi connectivity index (χ3n) is 5.27. The summed E-state index contributed by atoms with van der Waals surface area (Å²) in [6.45, 7) is 5.45. The molecule has 1 aliphatic rings. The first kappa shape index (κ1) is 16.8. The topological polar surface area (TPSA) is 62.9 Å². The maximum Gasteiger partial charge on any atom is 0.140 e. The Morgan fingerprint density at radius 3 is 2.92 bits per heavy atom. The number of aromatic nitrogens is 3. The maximum absolute atomic E-state index is 10.4. The quantitative estimate of drug-likeness (QED) is 0.780. The van der Waals surface area contributed by atoms with E-state index in [2.05, 4.69) is 26.4 Å². The number of likely N-dealkylation sites (tertiary alicyclic amines) is 1. The summed E-state index contributed by atoms with van der Waals surface area (Å²) in [6, 6.07) is 9.28. The van der Waals surface area contributed by atoms with E-state index in [1.807, 2.05) is 30.5 Å². The van der Waals surface area contributed by atoms with Gasteiger partial charge in [-0.05, 0) is 50.2 Å². The Balaban J connectivity index is 1.77. The van der Waals surface area contributed by atoms with Crippen LogP contribution in [0.4, 0.5) is 0 Å². The number of fused-ring (bicyclic) bond motifs is 1. The minimum absolute atomic E-state index is 0.143. The molecule has 0 saturated carbocycles. The highest BCUT2D eigenvalue weighted by Crippen LogP contribution is 2.35. The maximum atomic E-state index is 10.4. The lowest BCUT2D eigenvalue weighted by Gasteiger charge is -2.31. The van der Waals surface area contributed by atoms with Gasteiger partial charge in [-0.25, -0.2) is 0 Å². The number of aromatic hydroxyl groups is 1. The Kier molecular flexibility index (Phi) is 4.51. The molecule has 1 saturated heterocycles. The summed E-state index contributed by atoms with van der Waals surface area (Å²) in [7, 11) is 1.58. The molecule has 0 spiro atoms. The molecule has 4 rings (SSSR count). The summed E-state index contributed by atoms with van der Waals surface area (Å²) in [4.78, 5) is 2.47. The molecule has 136 valence electrons. The van der Waals surface area contributed by atoms with Gasteiger partial charge in [0.05, 0.1) is 12.6 Å². The number of methoxy groups -OCH3 is 1. The number of benzene rings is 1. The van der Waals surface area contributed by atoms with Crippen molar-refractivity contribution in [1.82, 2.24) is 19.5 Å². The van der Waals surface area contributed by atoms with Crippen LogP contribution in [0.5, 0.6) is 11.5 Å². The summed E-state index contributed by atoms with van der Waals surface area (Å²) in [5.41, 5.74) is 2.30. The van der Waals surface area contributed by atoms with Crippen molar-refractivity contribution in [3.05, 3.63) is 42.4 Å². The number of nitrogens with zero attached hydrogens (tertiary/aromatic N) is 4. The van der Waals surface area contributed by atoms with E-state index in [0.717, 1.165) is 37.4 Å². The molecule has 1 atom stereocenters. The van der Waals surface area contributed by atoms with Gasteiger partial charge >= 0.3 is 0 Å². The van der Waals surface area contributed by atoms with Gasteiger partial charge in [0.2, 0.25) is 0 Å². The van der Waals surface area contributed by atoms with E-state index >= 15 is 0 Å². The number of ether oxygens (including phenoxy) is 1. The van der Waals surface area contributed by atoms with Crippen molar-refractivity contribution < 1.29 is 9.84 Å². The Morgan fingerprint density at radius 2 is 2.15 bits per heavy atom. The molecule has 3 aromatic rings. The van der Waals surface area contributed by atoms with Crippen LogP contribution in [0, 0.1) is 0 Å². The molecule has 26 heavy (non-hydrogen) atoms. The molecule has 1 fully saturated rings. The molecule has 2 aromatic heterocycles. The van der Waals surface area contributed by atoms with Gasteiger partial charge in [-0.15, -0.1) is 10.2 Å². The number of hydrogen-bond acceptors (Lipinski definition) is 5. The van der Waals surface area contributed by atoms with Crippen LogP contribution in [0.25, 0.3) is 16.8 Å². The summed E-state index contributed by atoms with van der Waals surface area (Å²) in [5, 5.41) is 19.5. The van der Waals surface area contributed by atoms with Crippen molar-refractivity contribution in [2.75, 3.05) is 26.7 Å². The highest BCUT2D eigenvalue weighted by Gasteiger charge is 2.25. The first-order valence-corrected chi connectivity index (χ1v) is 9.14. The van der Waals surface area contributed by atoms with Crippen LogP contribution in [0.15, 0.2) is 36.5 Å². The first-order valence-electron chi connectivity index (χ1n) is 9.14. The van der Waals surface area contributed by atoms with Crippen molar-refractivity contribution in [2.24, 2.45) is 0 Å². The van der Waals surface area contributed by atoms with Crippen molar-refractivity contribution >= 4 is 5.52 Å². The summed E-state index contributed by atoms with van der Waals surface area (Å²) < 4.78 is 7.29. The van der Waals surface area contributed by atoms with Crippen LogP contribution < -0.4 is 4.74 Å². The third-order valence-corrected chi connectivity index (χ3v) is 5.27. The van der Waals surface area contributed by atoms with E-state index in [0.29, 0.717) is 22.9 Å². The van der Waals surface area contributed by atoms with E-state index in [4.69, 9.17) is 4.74 Å². The highest BCUT2D eigenvalue weighted by molar-refractivity contribution is 5.80. The second kappa shape index (κ2) is 6.96. The molecule has 1 N–H and O–H groups in total. The van der Waals surface area contributed by atoms with Gasteiger partial charge in [-0.1, -0.05) is 6.92 Å². The number of phenols is 1. The molecule has 0 aliphatic carbocycles. The van der Waals surface area contributed by atoms with E-state index in [9.17, 15) is 5.11 Å². The molecule has 6 heteroatoms. The Labute approximate surface area is 153 Å². The molecular weight excluding hydrogens is 328 g/mol. The summed E-state index contributed by atoms with van der Waals surface area (Å²) in [6.07, 6.45) is 4.35. The normalized spacial score (nSPS) is 18.3. The fraction of sp³-hybridized carbons (Fsp3) is 0.400. The molecule has 1 aliphatic heterocycles. The lowest BCUT2D eigenvalue weighted by atomic mass is 9.97. The van der Waals surface area contributed by atoms with Gasteiger partial charge in [0.1, 0.15) is 23.0 Å². The number of hydrogen-bond donors (Lipinski definition) is 1. The van der Waals surface area contributed by atoms with Gasteiger partial charge in [0.25, 0.3) is 0 Å². The van der Waals surface area contributed by atoms with Crippen LogP contribution >= 0.6 is 0 Å². The average Bonchev–Trinajstić information content (AvgIpc) is 3.17. The second-order valence-corrected chi connectivity index (χ2v) is 6.79. The van der Waals surface area contributed by atoms with E-state index in [1.165, 1.54) is 6.42 Å². The number of piperidine rings is 1. The van der Waals surface area contributed by atoms with E-state index < -0.39 is 0 Å². The Morgan fingerprint density at radius 1 is 1.27 bits per heavy atom. The van der Waals surface area contributed by atoms with Gasteiger partial charge in [0.15, 0.2) is 0 Å². The lowest BCUT2D eigenvalue weighted by molar-refractivity contribution is 0.212. The number of rotatable bonds is 4. The van der Waals surface area contributed by atoms with Crippen LogP contribution in [0.1, 0.15) is 31.5 Å². The van der Waals surface area contributed by atoms with Gasteiger partial charge in [0, 0.05) is 30.3 Å². The molecular formula is C20H24N4O2. The van der Waals surface area contributed by atoms with Crippen molar-refractivity contribution in [3.8, 4) is 22.8 Å². The predicted molar refractivity (Wildman–Crippen MR) is 101 cm³/mol. The average molecular weight is 352 g/mol. The first-order chi connectivity index (χ1) is 12.7. The zero-order chi connectivity index (χ0) is 18.1. The van der Waals surface area contributed by atoms with Crippen LogP contribution in [-0.4, -0.2) is 51.3 Å². The standard InChI is InChI=1S/C20H24N4O2/c1-3-23-10-4-6-14(13-23)20-22-21-19(17-7-5-11-24(17)20)16-9-8-15(26-2)12-18(16)25/h5,7-9,11-12,14,25H,3-4,6,10,13H2,1-2H3. The zero-order valence-electron chi connectivity index (χ0n) is 15.2. The monoisotopic (exact) mass is 352 g/mol. The fourth-order valence-electron chi connectivity index (χ4n) is 3.84. The minimum Gasteiger partial charge on any atom is -0.507 e. The number of phenolic OH excluding ortho intramolecular Hbond substituents is 1. The van der Waals surface area contributed by atoms with Crippen LogP contribution in [-0.2, 0) is 0 Å². The highest BCUT2D eigenvalue weighted by atomic mass is 16.5. The van der Waals surface area contributed by atoms with E-state index in [-0.39, 0.29) is 5.75 Å². The van der Waals surface area contributed by atoms with Crippen molar-refractivity contribution in [1.29, 1.82) is 0 Å². The minimum atomic E-state index is 0.143. The third kappa shape index (κ3) is 2.90. The van der Waals surface area contributed by atoms with E-state index in [1.54, 1.807) is 13.2 Å². The van der Waals surface area contributed by atoms with Gasteiger partial charge in [-0.2, -0.15) is 0 Å². The fourth-order valence-corrected chi connectivity index (χ4v) is 3.84. The SMILES string of the molecule is CCN1CCCC(c2nnc(-c3ccc(OC)cc3O)c3cccn23)C1. The molecule has 0 amide bonds. The van der Waals surface area contributed by atoms with Crippen LogP contribution in [0.3, 0.4) is 0 Å². The summed E-state index contributed by atoms with van der Waals surface area (Å²) in [5.74, 6) is 2.14. The largest absolute Gasteiger partial charge is 0.507 e. The van der Waals surface area contributed by atoms with Crippen LogP contribution in [0.2, 0.25) is 0 Å². The lowest BCUT2D eigenvalue weighted by Crippen LogP contribution is -2.35.